The molecule has 0 nitrogen and oxygen atoms in total. The Hall–Kier alpha value is -0.0265. The molecule has 0 bridgehead atoms. The summed E-state index contributed by atoms with van der Waals surface area (Å²) in [6.45, 7) is 11.0. The summed E-state index contributed by atoms with van der Waals surface area (Å²) in [6.07, 6.45) is 0. The Bertz CT molecular complexity index is 197. The van der Waals surface area contributed by atoms with Gasteiger partial charge < -0.3 is 0 Å². The summed E-state index contributed by atoms with van der Waals surface area (Å²) in [5.41, 5.74) is 5.87. The minimum atomic E-state index is 0. The van der Waals surface area contributed by atoms with E-state index in [0.717, 1.165) is 0 Å². The van der Waals surface area contributed by atoms with Crippen LogP contribution in [0.3, 0.4) is 0 Å². The molecule has 0 unspecified atom stereocenters. The second kappa shape index (κ2) is 3.58. The van der Waals surface area contributed by atoms with Crippen molar-refractivity contribution in [2.75, 3.05) is 0 Å². The van der Waals surface area contributed by atoms with E-state index in [4.69, 9.17) is 0 Å². The van der Waals surface area contributed by atoms with Crippen molar-refractivity contribution in [2.45, 2.75) is 34.6 Å². The predicted octanol–water partition coefficient (Wildman–Crippen LogP) is 3.26. The van der Waals surface area contributed by atoms with Gasteiger partial charge in [-0.3, -0.25) is 0 Å². The molecule has 0 aromatic rings. The molecule has 0 spiro atoms. The van der Waals surface area contributed by atoms with Crippen LogP contribution in [0.25, 0.3) is 0 Å². The van der Waals surface area contributed by atoms with Crippen LogP contribution in [0.4, 0.5) is 0 Å². The third-order valence-corrected chi connectivity index (χ3v) is 2.81. The van der Waals surface area contributed by atoms with E-state index >= 15 is 0 Å². The third-order valence-electron chi connectivity index (χ3n) is 2.81. The van der Waals surface area contributed by atoms with Gasteiger partial charge in [0.1, 0.15) is 0 Å². The Kier molecular flexibility index (Phi) is 3.57. The summed E-state index contributed by atoms with van der Waals surface area (Å²) < 4.78 is 0. The van der Waals surface area contributed by atoms with E-state index in [2.05, 4.69) is 34.6 Å². The van der Waals surface area contributed by atoms with E-state index in [-0.39, 0.29) is 16.5 Å². The molecule has 0 amide bonds. The van der Waals surface area contributed by atoms with E-state index < -0.39 is 0 Å². The summed E-state index contributed by atoms with van der Waals surface area (Å²) in [7, 11) is 0. The van der Waals surface area contributed by atoms with Crippen molar-refractivity contribution in [1.29, 1.82) is 0 Å². The SMILES string of the molecule is C[C]1C(C)=C(C)C(C)=C1C.[Ni]. The third kappa shape index (κ3) is 1.59. The minimum absolute atomic E-state index is 0. The van der Waals surface area contributed by atoms with Gasteiger partial charge in [-0.15, -0.1) is 0 Å². The maximum atomic E-state index is 2.20. The van der Waals surface area contributed by atoms with Crippen molar-refractivity contribution in [2.24, 2.45) is 0 Å². The molecule has 0 aromatic heterocycles. The zero-order valence-corrected chi connectivity index (χ0v) is 8.80. The zero-order chi connectivity index (χ0) is 7.89. The first-order valence-electron chi connectivity index (χ1n) is 3.75. The fourth-order valence-corrected chi connectivity index (χ4v) is 1.41. The second-order valence-electron chi connectivity index (χ2n) is 3.12. The van der Waals surface area contributed by atoms with Crippen LogP contribution in [0.5, 0.6) is 0 Å². The first kappa shape index (κ1) is 11.0. The topological polar surface area (TPSA) is 0 Å². The fraction of sp³-hybridized carbons (Fsp3) is 0.500. The van der Waals surface area contributed by atoms with Gasteiger partial charge in [0.25, 0.3) is 0 Å². The first-order valence-corrected chi connectivity index (χ1v) is 3.75. The van der Waals surface area contributed by atoms with E-state index in [0.29, 0.717) is 0 Å². The number of rotatable bonds is 0. The number of allylic oxidation sites excluding steroid dienone is 4. The van der Waals surface area contributed by atoms with Gasteiger partial charge in [0.05, 0.1) is 0 Å². The molecule has 1 radical (unpaired) electrons. The zero-order valence-electron chi connectivity index (χ0n) is 7.82. The summed E-state index contributed by atoms with van der Waals surface area (Å²) in [6, 6.07) is 0. The van der Waals surface area contributed by atoms with Gasteiger partial charge in [0.15, 0.2) is 0 Å². The van der Waals surface area contributed by atoms with Crippen LogP contribution in [-0.2, 0) is 16.5 Å². The van der Waals surface area contributed by atoms with Crippen molar-refractivity contribution >= 4 is 0 Å². The quantitative estimate of drug-likeness (QED) is 0.519. The molecular weight excluding hydrogens is 179 g/mol. The predicted molar refractivity (Wildman–Crippen MR) is 45.7 cm³/mol. The molecule has 11 heavy (non-hydrogen) atoms. The molecule has 1 rings (SSSR count). The van der Waals surface area contributed by atoms with Crippen LogP contribution in [-0.4, -0.2) is 0 Å². The number of hydrogen-bond acceptors (Lipinski definition) is 0. The molecular formula is C10H15Ni. The van der Waals surface area contributed by atoms with Crippen LogP contribution in [0.15, 0.2) is 22.3 Å². The Labute approximate surface area is 79.7 Å². The molecule has 0 saturated carbocycles. The van der Waals surface area contributed by atoms with Gasteiger partial charge >= 0.3 is 0 Å². The fourth-order valence-electron chi connectivity index (χ4n) is 1.41. The monoisotopic (exact) mass is 193 g/mol. The smallest absolute Gasteiger partial charge is 0.0226 e. The summed E-state index contributed by atoms with van der Waals surface area (Å²) in [5, 5.41) is 0. The van der Waals surface area contributed by atoms with E-state index in [1.807, 2.05) is 0 Å². The standard InChI is InChI=1S/C10H15.Ni/c1-6-7(2)9(4)10(5)8(6)3;/h1-5H3;. The van der Waals surface area contributed by atoms with E-state index in [1.54, 1.807) is 0 Å². The molecule has 65 valence electrons. The molecule has 0 aromatic carbocycles. The van der Waals surface area contributed by atoms with Crippen molar-refractivity contribution in [1.82, 2.24) is 0 Å². The normalized spacial score (nSPS) is 19.4. The molecule has 1 aliphatic carbocycles. The van der Waals surface area contributed by atoms with Gasteiger partial charge in [0.2, 0.25) is 0 Å². The first-order chi connectivity index (χ1) is 4.55. The largest absolute Gasteiger partial charge is 0.0589 e. The van der Waals surface area contributed by atoms with Crippen LogP contribution >= 0.6 is 0 Å². The average Bonchev–Trinajstić information content (AvgIpc) is 2.07. The Balaban J connectivity index is 0.000001000. The second-order valence-corrected chi connectivity index (χ2v) is 3.12. The van der Waals surface area contributed by atoms with Crippen LogP contribution < -0.4 is 0 Å². The molecule has 0 N–H and O–H groups in total. The summed E-state index contributed by atoms with van der Waals surface area (Å²) in [4.78, 5) is 0. The molecule has 0 fully saturated rings. The molecule has 0 aliphatic heterocycles. The molecule has 0 saturated heterocycles. The number of hydrogen-bond donors (Lipinski definition) is 0. The van der Waals surface area contributed by atoms with Crippen LogP contribution in [0.2, 0.25) is 0 Å². The van der Waals surface area contributed by atoms with Gasteiger partial charge in [-0.05, 0) is 38.8 Å². The van der Waals surface area contributed by atoms with E-state index in [9.17, 15) is 0 Å². The van der Waals surface area contributed by atoms with Crippen molar-refractivity contribution in [3.63, 3.8) is 0 Å². The van der Waals surface area contributed by atoms with Crippen molar-refractivity contribution in [3.8, 4) is 0 Å². The molecule has 0 atom stereocenters. The maximum absolute atomic E-state index is 2.20. The minimum Gasteiger partial charge on any atom is -0.0589 e. The maximum Gasteiger partial charge on any atom is 0.0226 e. The van der Waals surface area contributed by atoms with Gasteiger partial charge in [0, 0.05) is 22.4 Å². The Morgan fingerprint density at radius 1 is 0.545 bits per heavy atom. The molecule has 0 heterocycles. The van der Waals surface area contributed by atoms with Gasteiger partial charge in [-0.1, -0.05) is 18.1 Å². The van der Waals surface area contributed by atoms with Gasteiger partial charge in [-0.25, -0.2) is 0 Å². The van der Waals surface area contributed by atoms with Crippen molar-refractivity contribution < 1.29 is 16.5 Å². The summed E-state index contributed by atoms with van der Waals surface area (Å²) >= 11 is 0. The molecule has 1 aliphatic rings. The van der Waals surface area contributed by atoms with Gasteiger partial charge in [-0.2, -0.15) is 0 Å². The Morgan fingerprint density at radius 3 is 0.909 bits per heavy atom. The average molecular weight is 194 g/mol. The van der Waals surface area contributed by atoms with Crippen LogP contribution in [0.1, 0.15) is 34.6 Å². The van der Waals surface area contributed by atoms with Crippen LogP contribution in [0, 0.1) is 5.92 Å². The molecule has 1 heteroatoms. The van der Waals surface area contributed by atoms with Crippen molar-refractivity contribution in [3.05, 3.63) is 28.2 Å². The van der Waals surface area contributed by atoms with E-state index in [1.165, 1.54) is 28.2 Å². The Morgan fingerprint density at radius 2 is 0.818 bits per heavy atom. The summed E-state index contributed by atoms with van der Waals surface area (Å²) in [5.74, 6) is 1.47.